The largest absolute Gasteiger partial charge is 0.419 e. The Morgan fingerprint density at radius 3 is 2.58 bits per heavy atom. The molecule has 0 N–H and O–H groups in total. The highest BCUT2D eigenvalue weighted by molar-refractivity contribution is 9.10. The number of nitrogens with zero attached hydrogens (tertiary/aromatic N) is 2. The van der Waals surface area contributed by atoms with Crippen LogP contribution in [0.1, 0.15) is 24.8 Å². The Balaban J connectivity index is 2.81. The molecule has 0 aliphatic heterocycles. The third-order valence-electron chi connectivity index (χ3n) is 2.63. The van der Waals surface area contributed by atoms with Crippen molar-refractivity contribution in [1.29, 1.82) is 0 Å². The first-order chi connectivity index (χ1) is 8.86. The zero-order valence-electron chi connectivity index (χ0n) is 10.5. The van der Waals surface area contributed by atoms with Gasteiger partial charge in [0.1, 0.15) is 5.82 Å². The van der Waals surface area contributed by atoms with Crippen LogP contribution in [0.3, 0.4) is 0 Å². The molecule has 0 aromatic carbocycles. The van der Waals surface area contributed by atoms with E-state index in [9.17, 15) is 13.2 Å². The Morgan fingerprint density at radius 2 is 2.00 bits per heavy atom. The van der Waals surface area contributed by atoms with Crippen LogP contribution in [-0.2, 0) is 6.18 Å². The zero-order chi connectivity index (χ0) is 14.5. The Bertz CT molecular complexity index is 412. The Morgan fingerprint density at radius 1 is 1.32 bits per heavy atom. The highest BCUT2D eigenvalue weighted by Crippen LogP contribution is 2.36. The molecule has 0 bridgehead atoms. The fourth-order valence-corrected chi connectivity index (χ4v) is 2.19. The van der Waals surface area contributed by atoms with Gasteiger partial charge in [-0.15, -0.1) is 11.6 Å². The smallest absolute Gasteiger partial charge is 0.359 e. The molecule has 0 spiro atoms. The number of aromatic nitrogens is 1. The van der Waals surface area contributed by atoms with Gasteiger partial charge in [0.05, 0.1) is 5.56 Å². The van der Waals surface area contributed by atoms with Crippen LogP contribution in [0.5, 0.6) is 0 Å². The predicted octanol–water partition coefficient (Wildman–Crippen LogP) is 4.71. The molecule has 1 aromatic rings. The van der Waals surface area contributed by atoms with Crippen molar-refractivity contribution >= 4 is 33.3 Å². The summed E-state index contributed by atoms with van der Waals surface area (Å²) in [5.74, 6) is 0.537. The second-order valence-electron chi connectivity index (χ2n) is 4.19. The lowest BCUT2D eigenvalue weighted by molar-refractivity contribution is -0.137. The maximum atomic E-state index is 12.9. The Kier molecular flexibility index (Phi) is 6.39. The van der Waals surface area contributed by atoms with Crippen molar-refractivity contribution in [3.8, 4) is 0 Å². The second kappa shape index (κ2) is 7.33. The number of hydrogen-bond acceptors (Lipinski definition) is 2. The maximum Gasteiger partial charge on any atom is 0.419 e. The first kappa shape index (κ1) is 16.6. The molecule has 0 amide bonds. The first-order valence-corrected chi connectivity index (χ1v) is 7.19. The fourth-order valence-electron chi connectivity index (χ4n) is 1.67. The van der Waals surface area contributed by atoms with E-state index in [0.29, 0.717) is 16.9 Å². The molecule has 1 heterocycles. The number of pyridine rings is 1. The maximum absolute atomic E-state index is 12.9. The van der Waals surface area contributed by atoms with Crippen LogP contribution in [0.15, 0.2) is 16.7 Å². The van der Waals surface area contributed by atoms with Crippen molar-refractivity contribution in [2.45, 2.75) is 25.4 Å². The van der Waals surface area contributed by atoms with Crippen LogP contribution in [0, 0.1) is 0 Å². The lowest BCUT2D eigenvalue weighted by Gasteiger charge is -2.22. The summed E-state index contributed by atoms with van der Waals surface area (Å²) in [6, 6.07) is 1.05. The molecular formula is C12H15BrClF3N2. The van der Waals surface area contributed by atoms with E-state index >= 15 is 0 Å². The molecular weight excluding hydrogens is 344 g/mol. The summed E-state index contributed by atoms with van der Waals surface area (Å²) in [5.41, 5.74) is -0.721. The van der Waals surface area contributed by atoms with Crippen molar-refractivity contribution in [3.05, 3.63) is 22.3 Å². The van der Waals surface area contributed by atoms with Crippen molar-refractivity contribution in [1.82, 2.24) is 4.98 Å². The normalized spacial score (nSPS) is 11.7. The molecule has 0 radical (unpaired) electrons. The van der Waals surface area contributed by atoms with E-state index in [-0.39, 0.29) is 5.82 Å². The third kappa shape index (κ3) is 5.18. The highest BCUT2D eigenvalue weighted by Gasteiger charge is 2.35. The van der Waals surface area contributed by atoms with Crippen LogP contribution >= 0.6 is 27.5 Å². The quantitative estimate of drug-likeness (QED) is 0.540. The monoisotopic (exact) mass is 358 g/mol. The molecule has 108 valence electrons. The number of alkyl halides is 4. The van der Waals surface area contributed by atoms with Gasteiger partial charge in [0, 0.05) is 30.1 Å². The first-order valence-electron chi connectivity index (χ1n) is 5.86. The molecule has 1 rings (SSSR count). The average molecular weight is 360 g/mol. The summed E-state index contributed by atoms with van der Waals surface area (Å²) in [6.07, 6.45) is -0.477. The molecule has 2 nitrogen and oxygen atoms in total. The molecule has 0 atom stereocenters. The molecule has 7 heteroatoms. The molecule has 19 heavy (non-hydrogen) atoms. The standard InChI is InChI=1S/C12H15BrClF3N2/c1-19(6-4-2-3-5-14)11-10(12(15,16)17)7-9(13)8-18-11/h7-8H,2-6H2,1H3. The second-order valence-corrected chi connectivity index (χ2v) is 5.49. The molecule has 0 saturated heterocycles. The van der Waals surface area contributed by atoms with Crippen molar-refractivity contribution in [2.24, 2.45) is 0 Å². The fraction of sp³-hybridized carbons (Fsp3) is 0.583. The third-order valence-corrected chi connectivity index (χ3v) is 3.33. The van der Waals surface area contributed by atoms with E-state index in [4.69, 9.17) is 11.6 Å². The van der Waals surface area contributed by atoms with E-state index in [1.165, 1.54) is 11.1 Å². The zero-order valence-corrected chi connectivity index (χ0v) is 12.8. The van der Waals surface area contributed by atoms with Gasteiger partial charge >= 0.3 is 6.18 Å². The van der Waals surface area contributed by atoms with Crippen LogP contribution in [0.2, 0.25) is 0 Å². The summed E-state index contributed by atoms with van der Waals surface area (Å²) >= 11 is 8.57. The van der Waals surface area contributed by atoms with E-state index in [2.05, 4.69) is 20.9 Å². The van der Waals surface area contributed by atoms with Gasteiger partial charge in [-0.1, -0.05) is 6.42 Å². The van der Waals surface area contributed by atoms with Crippen LogP contribution in [-0.4, -0.2) is 24.5 Å². The molecule has 0 aliphatic rings. The minimum Gasteiger partial charge on any atom is -0.359 e. The van der Waals surface area contributed by atoms with Gasteiger partial charge in [-0.3, -0.25) is 0 Å². The lowest BCUT2D eigenvalue weighted by atomic mass is 10.2. The highest BCUT2D eigenvalue weighted by atomic mass is 79.9. The van der Waals surface area contributed by atoms with E-state index < -0.39 is 11.7 Å². The summed E-state index contributed by atoms with van der Waals surface area (Å²) < 4.78 is 39.1. The van der Waals surface area contributed by atoms with Gasteiger partial charge in [-0.05, 0) is 34.8 Å². The lowest BCUT2D eigenvalue weighted by Crippen LogP contribution is -2.23. The summed E-state index contributed by atoms with van der Waals surface area (Å²) in [5, 5.41) is 0. The summed E-state index contributed by atoms with van der Waals surface area (Å²) in [6.45, 7) is 0.522. The number of rotatable bonds is 6. The van der Waals surface area contributed by atoms with E-state index in [0.717, 1.165) is 25.3 Å². The number of anilines is 1. The molecule has 0 saturated carbocycles. The van der Waals surface area contributed by atoms with Crippen LogP contribution < -0.4 is 4.90 Å². The molecule has 0 unspecified atom stereocenters. The number of halogens is 5. The predicted molar refractivity (Wildman–Crippen MR) is 74.8 cm³/mol. The van der Waals surface area contributed by atoms with Crippen LogP contribution in [0.25, 0.3) is 0 Å². The summed E-state index contributed by atoms with van der Waals surface area (Å²) in [4.78, 5) is 5.41. The Labute approximate surface area is 124 Å². The molecule has 1 aromatic heterocycles. The Hall–Kier alpha value is -0.490. The van der Waals surface area contributed by atoms with Crippen molar-refractivity contribution < 1.29 is 13.2 Å². The van der Waals surface area contributed by atoms with Gasteiger partial charge in [0.25, 0.3) is 0 Å². The van der Waals surface area contributed by atoms with Gasteiger partial charge in [0.2, 0.25) is 0 Å². The van der Waals surface area contributed by atoms with E-state index in [1.54, 1.807) is 7.05 Å². The van der Waals surface area contributed by atoms with E-state index in [1.807, 2.05) is 0 Å². The van der Waals surface area contributed by atoms with Crippen molar-refractivity contribution in [3.63, 3.8) is 0 Å². The topological polar surface area (TPSA) is 16.1 Å². The minimum absolute atomic E-state index is 0.0402. The van der Waals surface area contributed by atoms with Crippen LogP contribution in [0.4, 0.5) is 19.0 Å². The molecule has 0 aliphatic carbocycles. The van der Waals surface area contributed by atoms with Gasteiger partial charge in [-0.25, -0.2) is 4.98 Å². The molecule has 0 fully saturated rings. The minimum atomic E-state index is -4.41. The van der Waals surface area contributed by atoms with Gasteiger partial charge in [0.15, 0.2) is 0 Å². The SMILES string of the molecule is CN(CCCCCCl)c1ncc(Br)cc1C(F)(F)F. The number of unbranched alkanes of at least 4 members (excludes halogenated alkanes) is 2. The van der Waals surface area contributed by atoms with Gasteiger partial charge in [-0.2, -0.15) is 13.2 Å². The number of hydrogen-bond donors (Lipinski definition) is 0. The average Bonchev–Trinajstić information content (AvgIpc) is 2.33. The van der Waals surface area contributed by atoms with Crippen molar-refractivity contribution in [2.75, 3.05) is 24.4 Å². The summed E-state index contributed by atoms with van der Waals surface area (Å²) in [7, 11) is 1.62. The van der Waals surface area contributed by atoms with Gasteiger partial charge < -0.3 is 4.90 Å².